The van der Waals surface area contributed by atoms with E-state index in [2.05, 4.69) is 0 Å². The zero-order chi connectivity index (χ0) is 23.2. The Hall–Kier alpha value is -3.14. The highest BCUT2D eigenvalue weighted by molar-refractivity contribution is 5.99. The molecule has 3 N–H and O–H groups in total. The van der Waals surface area contributed by atoms with Gasteiger partial charge in [0.2, 0.25) is 5.60 Å². The van der Waals surface area contributed by atoms with Crippen molar-refractivity contribution in [3.05, 3.63) is 58.9 Å². The Kier molecular flexibility index (Phi) is 5.47. The summed E-state index contributed by atoms with van der Waals surface area (Å²) in [5, 5.41) is 22.4. The van der Waals surface area contributed by atoms with Gasteiger partial charge in [-0.3, -0.25) is 4.79 Å². The number of esters is 1. The van der Waals surface area contributed by atoms with E-state index in [0.29, 0.717) is 5.56 Å². The Labute approximate surface area is 174 Å². The summed E-state index contributed by atoms with van der Waals surface area (Å²) in [6.07, 6.45) is -6.68. The second-order valence-electron chi connectivity index (χ2n) is 7.95. The monoisotopic (exact) mass is 441 g/mol. The van der Waals surface area contributed by atoms with E-state index in [9.17, 15) is 37.4 Å². The van der Waals surface area contributed by atoms with Gasteiger partial charge in [-0.2, -0.15) is 13.2 Å². The number of hydrogen-bond acceptors (Lipinski definition) is 5. The topological polar surface area (TPSA) is 95.9 Å². The van der Waals surface area contributed by atoms with Crippen LogP contribution in [0.2, 0.25) is 0 Å². The third-order valence-electron chi connectivity index (χ3n) is 5.15. The van der Waals surface area contributed by atoms with Gasteiger partial charge >= 0.3 is 12.1 Å². The lowest BCUT2D eigenvalue weighted by molar-refractivity contribution is -0.254. The average Bonchev–Trinajstić information content (AvgIpc) is 3.00. The lowest BCUT2D eigenvalue weighted by Crippen LogP contribution is -2.57. The Bertz CT molecular complexity index is 1030. The van der Waals surface area contributed by atoms with Gasteiger partial charge in [0.1, 0.15) is 18.2 Å². The van der Waals surface area contributed by atoms with Crippen LogP contribution in [0.5, 0.6) is 5.75 Å². The van der Waals surface area contributed by atoms with Gasteiger partial charge in [-0.1, -0.05) is 19.9 Å². The molecule has 0 spiro atoms. The summed E-state index contributed by atoms with van der Waals surface area (Å²) in [6, 6.07) is 6.98. The number of carbonyl (C=O) groups is 2. The summed E-state index contributed by atoms with van der Waals surface area (Å²) in [4.78, 5) is 24.1. The number of rotatable bonds is 5. The number of anilines is 1. The van der Waals surface area contributed by atoms with E-state index in [1.807, 2.05) is 5.32 Å². The smallest absolute Gasteiger partial charge is 0.426 e. The fourth-order valence-electron chi connectivity index (χ4n) is 3.67. The molecule has 2 aromatic rings. The molecule has 0 aliphatic carbocycles. The highest BCUT2D eigenvalue weighted by atomic mass is 19.4. The summed E-state index contributed by atoms with van der Waals surface area (Å²) in [5.74, 6) is -3.95. The maximum atomic E-state index is 14.3. The number of aromatic hydroxyl groups is 1. The van der Waals surface area contributed by atoms with Gasteiger partial charge in [-0.25, -0.2) is 9.18 Å². The molecule has 0 bridgehead atoms. The average molecular weight is 441 g/mol. The molecule has 0 fully saturated rings. The second-order valence-corrected chi connectivity index (χ2v) is 7.95. The quantitative estimate of drug-likeness (QED) is 0.485. The second kappa shape index (κ2) is 7.52. The highest BCUT2D eigenvalue weighted by Gasteiger charge is 2.61. The SMILES string of the molecule is CC(C)(CC(O)(C(=O)Nc1ccc2c(c1)COC2=O)C(F)(F)F)c1c(O)cccc1F. The van der Waals surface area contributed by atoms with Crippen LogP contribution in [0.25, 0.3) is 0 Å². The van der Waals surface area contributed by atoms with Crippen molar-refractivity contribution in [2.75, 3.05) is 5.32 Å². The molecule has 1 heterocycles. The number of nitrogens with one attached hydrogen (secondary N) is 1. The zero-order valence-corrected chi connectivity index (χ0v) is 16.5. The van der Waals surface area contributed by atoms with Crippen LogP contribution < -0.4 is 5.32 Å². The first-order chi connectivity index (χ1) is 14.3. The number of aliphatic hydroxyl groups is 1. The number of amides is 1. The zero-order valence-electron chi connectivity index (χ0n) is 16.5. The molecule has 1 atom stereocenters. The molecule has 2 aromatic carbocycles. The van der Waals surface area contributed by atoms with E-state index >= 15 is 0 Å². The largest absolute Gasteiger partial charge is 0.508 e. The van der Waals surface area contributed by atoms with Gasteiger partial charge < -0.3 is 20.3 Å². The van der Waals surface area contributed by atoms with Crippen molar-refractivity contribution < 1.29 is 42.1 Å². The van der Waals surface area contributed by atoms with E-state index in [1.54, 1.807) is 0 Å². The summed E-state index contributed by atoms with van der Waals surface area (Å²) >= 11 is 0. The van der Waals surface area contributed by atoms with E-state index in [4.69, 9.17) is 4.74 Å². The van der Waals surface area contributed by atoms with Gasteiger partial charge in [0, 0.05) is 23.2 Å². The summed E-state index contributed by atoms with van der Waals surface area (Å²) in [6.45, 7) is 2.25. The van der Waals surface area contributed by atoms with Crippen LogP contribution in [0.1, 0.15) is 41.8 Å². The molecule has 10 heteroatoms. The van der Waals surface area contributed by atoms with Crippen molar-refractivity contribution in [3.8, 4) is 5.75 Å². The van der Waals surface area contributed by atoms with Gasteiger partial charge in [-0.05, 0) is 35.7 Å². The van der Waals surface area contributed by atoms with Crippen LogP contribution in [0.4, 0.5) is 23.2 Å². The van der Waals surface area contributed by atoms with Crippen molar-refractivity contribution in [2.45, 2.75) is 44.1 Å². The number of alkyl halides is 3. The predicted octanol–water partition coefficient (Wildman–Crippen LogP) is 3.80. The van der Waals surface area contributed by atoms with Gasteiger partial charge in [-0.15, -0.1) is 0 Å². The molecule has 0 saturated heterocycles. The maximum Gasteiger partial charge on any atom is 0.426 e. The van der Waals surface area contributed by atoms with Crippen LogP contribution in [0.3, 0.4) is 0 Å². The molecule has 31 heavy (non-hydrogen) atoms. The fourth-order valence-corrected chi connectivity index (χ4v) is 3.67. The third kappa shape index (κ3) is 4.07. The number of phenolic OH excluding ortho intramolecular Hbond substituents is 1. The minimum Gasteiger partial charge on any atom is -0.508 e. The number of cyclic esters (lactones) is 1. The molecule has 1 amide bonds. The third-order valence-corrected chi connectivity index (χ3v) is 5.15. The van der Waals surface area contributed by atoms with E-state index in [1.165, 1.54) is 38.1 Å². The predicted molar refractivity (Wildman–Crippen MR) is 101 cm³/mol. The van der Waals surface area contributed by atoms with Crippen LogP contribution in [-0.4, -0.2) is 33.9 Å². The Balaban J connectivity index is 1.94. The number of benzene rings is 2. The van der Waals surface area contributed by atoms with Crippen molar-refractivity contribution in [1.82, 2.24) is 0 Å². The summed E-state index contributed by atoms with van der Waals surface area (Å²) in [5.41, 5.74) is -5.64. The molecule has 6 nitrogen and oxygen atoms in total. The minimum atomic E-state index is -5.41. The minimum absolute atomic E-state index is 0.0868. The molecule has 166 valence electrons. The van der Waals surface area contributed by atoms with Crippen LogP contribution >= 0.6 is 0 Å². The maximum absolute atomic E-state index is 14.3. The van der Waals surface area contributed by atoms with E-state index in [0.717, 1.165) is 12.1 Å². The molecular formula is C21H19F4NO5. The number of carbonyl (C=O) groups excluding carboxylic acids is 2. The Morgan fingerprint density at radius 2 is 1.87 bits per heavy atom. The summed E-state index contributed by atoms with van der Waals surface area (Å²) in [7, 11) is 0. The molecule has 0 radical (unpaired) electrons. The van der Waals surface area contributed by atoms with Gasteiger partial charge in [0.15, 0.2) is 0 Å². The highest BCUT2D eigenvalue weighted by Crippen LogP contribution is 2.44. The molecule has 1 aliphatic rings. The number of hydrogen-bond donors (Lipinski definition) is 3. The molecule has 0 aromatic heterocycles. The fraction of sp³-hybridized carbons (Fsp3) is 0.333. The van der Waals surface area contributed by atoms with Crippen molar-refractivity contribution >= 4 is 17.6 Å². The van der Waals surface area contributed by atoms with E-state index in [-0.39, 0.29) is 17.9 Å². The number of fused-ring (bicyclic) bond motifs is 1. The van der Waals surface area contributed by atoms with Crippen molar-refractivity contribution in [1.29, 1.82) is 0 Å². The summed E-state index contributed by atoms with van der Waals surface area (Å²) < 4.78 is 60.6. The lowest BCUT2D eigenvalue weighted by Gasteiger charge is -2.37. The van der Waals surface area contributed by atoms with Crippen LogP contribution in [-0.2, 0) is 21.6 Å². The van der Waals surface area contributed by atoms with Crippen molar-refractivity contribution in [3.63, 3.8) is 0 Å². The van der Waals surface area contributed by atoms with Crippen LogP contribution in [0.15, 0.2) is 36.4 Å². The molecule has 1 aliphatic heterocycles. The van der Waals surface area contributed by atoms with Crippen LogP contribution in [0, 0.1) is 5.82 Å². The lowest BCUT2D eigenvalue weighted by atomic mass is 9.74. The Morgan fingerprint density at radius 3 is 2.48 bits per heavy atom. The standard InChI is InChI=1S/C21H19F4NO5/c1-19(2,16-14(22)4-3-5-15(16)27)10-20(30,21(23,24)25)18(29)26-12-6-7-13-11(8-12)9-31-17(13)28/h3-8,27,30H,9-10H2,1-2H3,(H,26,29). The number of halogens is 4. The van der Waals surface area contributed by atoms with Gasteiger partial charge in [0.05, 0.1) is 5.56 Å². The number of ether oxygens (including phenoxy) is 1. The molecule has 0 saturated carbocycles. The first-order valence-electron chi connectivity index (χ1n) is 9.15. The number of phenols is 1. The first-order valence-corrected chi connectivity index (χ1v) is 9.15. The molecule has 1 unspecified atom stereocenters. The van der Waals surface area contributed by atoms with Gasteiger partial charge in [0.25, 0.3) is 5.91 Å². The first kappa shape index (κ1) is 22.5. The molecule has 3 rings (SSSR count). The molecular weight excluding hydrogens is 422 g/mol. The van der Waals surface area contributed by atoms with Crippen molar-refractivity contribution in [2.24, 2.45) is 0 Å². The van der Waals surface area contributed by atoms with E-state index < -0.39 is 52.6 Å². The normalized spacial score (nSPS) is 15.8. The Morgan fingerprint density at radius 1 is 1.19 bits per heavy atom.